The second-order valence-corrected chi connectivity index (χ2v) is 3.15. The molecule has 0 radical (unpaired) electrons. The van der Waals surface area contributed by atoms with Crippen molar-refractivity contribution in [1.29, 1.82) is 0 Å². The van der Waals surface area contributed by atoms with E-state index in [-0.39, 0.29) is 0 Å². The summed E-state index contributed by atoms with van der Waals surface area (Å²) < 4.78 is 5.06. The summed E-state index contributed by atoms with van der Waals surface area (Å²) in [6.07, 6.45) is 1.69. The van der Waals surface area contributed by atoms with E-state index in [0.29, 0.717) is 5.02 Å². The highest BCUT2D eigenvalue weighted by atomic mass is 35.5. The number of halogens is 1. The zero-order valence-electron chi connectivity index (χ0n) is 7.12. The van der Waals surface area contributed by atoms with Crippen molar-refractivity contribution in [1.82, 2.24) is 4.98 Å². The van der Waals surface area contributed by atoms with Gasteiger partial charge in [0.1, 0.15) is 5.75 Å². The minimum Gasteiger partial charge on any atom is -0.495 e. The molecule has 0 spiro atoms. The van der Waals surface area contributed by atoms with Gasteiger partial charge in [-0.3, -0.25) is 4.98 Å². The molecule has 2 aromatic rings. The quantitative estimate of drug-likeness (QED) is 0.695. The van der Waals surface area contributed by atoms with Gasteiger partial charge in [0.05, 0.1) is 18.8 Å². The Morgan fingerprint density at radius 1 is 1.31 bits per heavy atom. The lowest BCUT2D eigenvalue weighted by molar-refractivity contribution is 0.414. The van der Waals surface area contributed by atoms with Crippen molar-refractivity contribution in [2.75, 3.05) is 7.11 Å². The molecular formula is C10H8ClNO. The highest BCUT2D eigenvalue weighted by Crippen LogP contribution is 2.21. The molecule has 3 heteroatoms. The number of hydrogen-bond acceptors (Lipinski definition) is 2. The van der Waals surface area contributed by atoms with Crippen molar-refractivity contribution in [2.24, 2.45) is 0 Å². The summed E-state index contributed by atoms with van der Waals surface area (Å²) in [7, 11) is 1.62. The number of nitrogens with zero attached hydrogens (tertiary/aromatic N) is 1. The Morgan fingerprint density at radius 3 is 2.92 bits per heavy atom. The van der Waals surface area contributed by atoms with Crippen LogP contribution in [0, 0.1) is 0 Å². The van der Waals surface area contributed by atoms with Crippen molar-refractivity contribution in [3.05, 3.63) is 35.5 Å². The van der Waals surface area contributed by atoms with E-state index in [4.69, 9.17) is 16.3 Å². The van der Waals surface area contributed by atoms with Crippen LogP contribution in [-0.4, -0.2) is 12.1 Å². The fourth-order valence-electron chi connectivity index (χ4n) is 1.19. The van der Waals surface area contributed by atoms with Gasteiger partial charge in [0.2, 0.25) is 0 Å². The number of aromatic nitrogens is 1. The fourth-order valence-corrected chi connectivity index (χ4v) is 1.37. The topological polar surface area (TPSA) is 22.1 Å². The van der Waals surface area contributed by atoms with Gasteiger partial charge in [0.25, 0.3) is 0 Å². The van der Waals surface area contributed by atoms with Gasteiger partial charge < -0.3 is 4.74 Å². The molecule has 0 aliphatic carbocycles. The zero-order chi connectivity index (χ0) is 9.26. The Labute approximate surface area is 81.1 Å². The smallest absolute Gasteiger partial charge is 0.137 e. The summed E-state index contributed by atoms with van der Waals surface area (Å²) in [4.78, 5) is 4.21. The van der Waals surface area contributed by atoms with E-state index in [0.717, 1.165) is 16.7 Å². The maximum atomic E-state index is 5.85. The highest BCUT2D eigenvalue weighted by molar-refractivity contribution is 6.31. The molecule has 0 N–H and O–H groups in total. The number of benzene rings is 1. The Morgan fingerprint density at radius 2 is 2.15 bits per heavy atom. The van der Waals surface area contributed by atoms with Crippen LogP contribution < -0.4 is 4.74 Å². The average Bonchev–Trinajstić information content (AvgIpc) is 2.16. The molecule has 66 valence electrons. The number of pyridine rings is 1. The first-order chi connectivity index (χ1) is 6.29. The summed E-state index contributed by atoms with van der Waals surface area (Å²) in [5.74, 6) is 0.745. The molecule has 0 amide bonds. The second-order valence-electron chi connectivity index (χ2n) is 2.71. The number of rotatable bonds is 1. The summed E-state index contributed by atoms with van der Waals surface area (Å²) >= 11 is 5.85. The number of hydrogen-bond donors (Lipinski definition) is 0. The third kappa shape index (κ3) is 1.58. The summed E-state index contributed by atoms with van der Waals surface area (Å²) in [6, 6.07) is 7.49. The van der Waals surface area contributed by atoms with Crippen molar-refractivity contribution < 1.29 is 4.74 Å². The molecule has 0 saturated heterocycles. The van der Waals surface area contributed by atoms with Crippen LogP contribution in [0.4, 0.5) is 0 Å². The molecule has 2 rings (SSSR count). The van der Waals surface area contributed by atoms with E-state index in [1.165, 1.54) is 0 Å². The molecule has 1 aromatic carbocycles. The minimum absolute atomic E-state index is 0.711. The van der Waals surface area contributed by atoms with Gasteiger partial charge in [0.15, 0.2) is 0 Å². The van der Waals surface area contributed by atoms with E-state index < -0.39 is 0 Å². The standard InChI is InChI=1S/C10H8ClNO/c1-13-9-5-7-4-8(11)2-3-10(7)12-6-9/h2-6H,1H3. The molecular weight excluding hydrogens is 186 g/mol. The maximum absolute atomic E-state index is 5.85. The molecule has 13 heavy (non-hydrogen) atoms. The molecule has 0 saturated carbocycles. The van der Waals surface area contributed by atoms with Gasteiger partial charge in [-0.05, 0) is 24.3 Å². The Bertz CT molecular complexity index is 442. The lowest BCUT2D eigenvalue weighted by Crippen LogP contribution is -1.84. The van der Waals surface area contributed by atoms with E-state index in [1.54, 1.807) is 13.3 Å². The Hall–Kier alpha value is -1.28. The van der Waals surface area contributed by atoms with Crippen molar-refractivity contribution >= 4 is 22.5 Å². The molecule has 0 atom stereocenters. The molecule has 0 fully saturated rings. The molecule has 1 aromatic heterocycles. The van der Waals surface area contributed by atoms with Crippen LogP contribution in [0.15, 0.2) is 30.5 Å². The fraction of sp³-hybridized carbons (Fsp3) is 0.100. The SMILES string of the molecule is COc1cnc2ccc(Cl)cc2c1. The number of fused-ring (bicyclic) bond motifs is 1. The third-order valence-electron chi connectivity index (χ3n) is 1.85. The molecule has 0 aliphatic rings. The molecule has 1 heterocycles. The van der Waals surface area contributed by atoms with Crippen LogP contribution >= 0.6 is 11.6 Å². The van der Waals surface area contributed by atoms with Crippen LogP contribution in [-0.2, 0) is 0 Å². The van der Waals surface area contributed by atoms with Gasteiger partial charge >= 0.3 is 0 Å². The monoisotopic (exact) mass is 193 g/mol. The van der Waals surface area contributed by atoms with Gasteiger partial charge in [-0.25, -0.2) is 0 Å². The van der Waals surface area contributed by atoms with Gasteiger partial charge in [-0.15, -0.1) is 0 Å². The highest BCUT2D eigenvalue weighted by Gasteiger charge is 1.97. The summed E-state index contributed by atoms with van der Waals surface area (Å²) in [6.45, 7) is 0. The maximum Gasteiger partial charge on any atom is 0.137 e. The minimum atomic E-state index is 0.711. The number of ether oxygens (including phenoxy) is 1. The van der Waals surface area contributed by atoms with Crippen LogP contribution in [0.5, 0.6) is 5.75 Å². The predicted molar refractivity (Wildman–Crippen MR) is 53.3 cm³/mol. The summed E-state index contributed by atoms with van der Waals surface area (Å²) in [5, 5.41) is 1.70. The average molecular weight is 194 g/mol. The van der Waals surface area contributed by atoms with Crippen molar-refractivity contribution in [3.63, 3.8) is 0 Å². The van der Waals surface area contributed by atoms with Gasteiger partial charge in [-0.1, -0.05) is 11.6 Å². The predicted octanol–water partition coefficient (Wildman–Crippen LogP) is 2.90. The van der Waals surface area contributed by atoms with Crippen LogP contribution in [0.3, 0.4) is 0 Å². The second kappa shape index (κ2) is 3.23. The molecule has 0 bridgehead atoms. The molecule has 2 nitrogen and oxygen atoms in total. The zero-order valence-corrected chi connectivity index (χ0v) is 7.88. The first-order valence-electron chi connectivity index (χ1n) is 3.89. The first kappa shape index (κ1) is 8.32. The molecule has 0 unspecified atom stereocenters. The van der Waals surface area contributed by atoms with E-state index in [2.05, 4.69) is 4.98 Å². The third-order valence-corrected chi connectivity index (χ3v) is 2.09. The van der Waals surface area contributed by atoms with E-state index in [1.807, 2.05) is 24.3 Å². The van der Waals surface area contributed by atoms with Crippen LogP contribution in [0.2, 0.25) is 5.02 Å². The largest absolute Gasteiger partial charge is 0.495 e. The Kier molecular flexibility index (Phi) is 2.07. The lowest BCUT2D eigenvalue weighted by atomic mass is 10.2. The molecule has 0 aliphatic heterocycles. The van der Waals surface area contributed by atoms with Gasteiger partial charge in [-0.2, -0.15) is 0 Å². The van der Waals surface area contributed by atoms with Crippen LogP contribution in [0.1, 0.15) is 0 Å². The van der Waals surface area contributed by atoms with E-state index in [9.17, 15) is 0 Å². The van der Waals surface area contributed by atoms with Crippen molar-refractivity contribution in [3.8, 4) is 5.75 Å². The normalized spacial score (nSPS) is 10.3. The Balaban J connectivity index is 2.68. The lowest BCUT2D eigenvalue weighted by Gasteiger charge is -2.01. The first-order valence-corrected chi connectivity index (χ1v) is 4.27. The van der Waals surface area contributed by atoms with Crippen molar-refractivity contribution in [2.45, 2.75) is 0 Å². The number of methoxy groups -OCH3 is 1. The van der Waals surface area contributed by atoms with Crippen LogP contribution in [0.25, 0.3) is 10.9 Å². The van der Waals surface area contributed by atoms with Gasteiger partial charge in [0, 0.05) is 10.4 Å². The van der Waals surface area contributed by atoms with E-state index >= 15 is 0 Å². The summed E-state index contributed by atoms with van der Waals surface area (Å²) in [5.41, 5.74) is 0.921.